The first kappa shape index (κ1) is 11.8. The van der Waals surface area contributed by atoms with Crippen molar-refractivity contribution < 1.29 is 9.53 Å². The molecule has 0 spiro atoms. The predicted molar refractivity (Wildman–Crippen MR) is 56.7 cm³/mol. The Bertz CT molecular complexity index is 295. The zero-order valence-corrected chi connectivity index (χ0v) is 9.14. The van der Waals surface area contributed by atoms with Crippen molar-refractivity contribution in [1.29, 1.82) is 0 Å². The Labute approximate surface area is 89.7 Å². The highest BCUT2D eigenvalue weighted by atomic mass is 16.5. The number of nitrogens with zero attached hydrogens (tertiary/aromatic N) is 2. The van der Waals surface area contributed by atoms with E-state index < -0.39 is 0 Å². The van der Waals surface area contributed by atoms with Gasteiger partial charge in [0, 0.05) is 19.0 Å². The molecule has 0 aliphatic heterocycles. The van der Waals surface area contributed by atoms with Crippen molar-refractivity contribution in [1.82, 2.24) is 9.97 Å². The summed E-state index contributed by atoms with van der Waals surface area (Å²) in [5, 5.41) is 0. The number of ketones is 1. The van der Waals surface area contributed by atoms with Gasteiger partial charge in [-0.05, 0) is 13.3 Å². The van der Waals surface area contributed by atoms with Gasteiger partial charge in [-0.15, -0.1) is 0 Å². The van der Waals surface area contributed by atoms with Crippen LogP contribution in [0.4, 0.5) is 0 Å². The largest absolute Gasteiger partial charge is 0.370 e. The Morgan fingerprint density at radius 1 is 1.40 bits per heavy atom. The standard InChI is InChI=1S/C11H16N2O2/c1-3-5-10(15-4-2)11(14)9-6-12-8-13-7-9/h6-8,10H,3-5H2,1-2H3. The van der Waals surface area contributed by atoms with Gasteiger partial charge >= 0.3 is 0 Å². The molecule has 0 aliphatic carbocycles. The molecule has 0 aliphatic rings. The number of carbonyl (C=O) groups is 1. The summed E-state index contributed by atoms with van der Waals surface area (Å²) in [5.74, 6) is -0.0284. The Morgan fingerprint density at radius 3 is 2.60 bits per heavy atom. The van der Waals surface area contributed by atoms with Crippen LogP contribution in [0, 0.1) is 0 Å². The molecule has 0 bridgehead atoms. The van der Waals surface area contributed by atoms with E-state index in [9.17, 15) is 4.79 Å². The Morgan fingerprint density at radius 2 is 2.07 bits per heavy atom. The van der Waals surface area contributed by atoms with Gasteiger partial charge in [-0.25, -0.2) is 9.97 Å². The van der Waals surface area contributed by atoms with E-state index in [-0.39, 0.29) is 11.9 Å². The summed E-state index contributed by atoms with van der Waals surface area (Å²) in [5.41, 5.74) is 0.518. The summed E-state index contributed by atoms with van der Waals surface area (Å²) in [4.78, 5) is 19.6. The van der Waals surface area contributed by atoms with Crippen LogP contribution in [0.15, 0.2) is 18.7 Å². The summed E-state index contributed by atoms with van der Waals surface area (Å²) in [6.07, 6.45) is 5.76. The SMILES string of the molecule is CCCC(OCC)C(=O)c1cncnc1. The molecule has 1 heterocycles. The van der Waals surface area contributed by atoms with Crippen LogP contribution in [-0.4, -0.2) is 28.5 Å². The third-order valence-electron chi connectivity index (χ3n) is 2.06. The third-order valence-corrected chi connectivity index (χ3v) is 2.06. The van der Waals surface area contributed by atoms with Gasteiger partial charge in [0.05, 0.1) is 5.56 Å². The number of ether oxygens (including phenoxy) is 1. The Kier molecular flexibility index (Phi) is 4.90. The van der Waals surface area contributed by atoms with E-state index in [4.69, 9.17) is 4.74 Å². The molecular weight excluding hydrogens is 192 g/mol. The lowest BCUT2D eigenvalue weighted by Crippen LogP contribution is -2.24. The second kappa shape index (κ2) is 6.24. The topological polar surface area (TPSA) is 52.1 Å². The number of rotatable bonds is 6. The van der Waals surface area contributed by atoms with Crippen LogP contribution in [0.5, 0.6) is 0 Å². The normalized spacial score (nSPS) is 12.4. The second-order valence-corrected chi connectivity index (χ2v) is 3.22. The molecule has 0 N–H and O–H groups in total. The fourth-order valence-electron chi connectivity index (χ4n) is 1.37. The molecule has 0 radical (unpaired) electrons. The van der Waals surface area contributed by atoms with Crippen LogP contribution < -0.4 is 0 Å². The minimum absolute atomic E-state index is 0.0284. The number of aromatic nitrogens is 2. The van der Waals surface area contributed by atoms with Crippen LogP contribution in [0.3, 0.4) is 0 Å². The number of Topliss-reactive ketones (excluding diaryl/α,β-unsaturated/α-hetero) is 1. The van der Waals surface area contributed by atoms with Gasteiger partial charge < -0.3 is 4.74 Å². The molecule has 4 nitrogen and oxygen atoms in total. The first-order chi connectivity index (χ1) is 7.29. The molecule has 15 heavy (non-hydrogen) atoms. The Hall–Kier alpha value is -1.29. The van der Waals surface area contributed by atoms with Crippen molar-refractivity contribution in [3.63, 3.8) is 0 Å². The van der Waals surface area contributed by atoms with Gasteiger partial charge in [-0.3, -0.25) is 4.79 Å². The molecule has 0 fully saturated rings. The zero-order valence-electron chi connectivity index (χ0n) is 9.14. The molecule has 82 valence electrons. The quantitative estimate of drug-likeness (QED) is 0.669. The van der Waals surface area contributed by atoms with Gasteiger partial charge in [-0.2, -0.15) is 0 Å². The van der Waals surface area contributed by atoms with Crippen LogP contribution in [0.2, 0.25) is 0 Å². The fraction of sp³-hybridized carbons (Fsp3) is 0.545. The van der Waals surface area contributed by atoms with Gasteiger partial charge in [0.15, 0.2) is 5.78 Å². The summed E-state index contributed by atoms with van der Waals surface area (Å²) in [7, 11) is 0. The highest BCUT2D eigenvalue weighted by molar-refractivity contribution is 5.98. The third kappa shape index (κ3) is 3.40. The van der Waals surface area contributed by atoms with E-state index in [1.54, 1.807) is 0 Å². The smallest absolute Gasteiger partial charge is 0.194 e. The molecule has 0 saturated heterocycles. The van der Waals surface area contributed by atoms with E-state index in [0.29, 0.717) is 12.2 Å². The summed E-state index contributed by atoms with van der Waals surface area (Å²) in [6.45, 7) is 4.46. The minimum atomic E-state index is -0.356. The number of hydrogen-bond acceptors (Lipinski definition) is 4. The van der Waals surface area contributed by atoms with Crippen molar-refractivity contribution in [3.05, 3.63) is 24.3 Å². The fourth-order valence-corrected chi connectivity index (χ4v) is 1.37. The molecule has 1 atom stereocenters. The highest BCUT2D eigenvalue weighted by Crippen LogP contribution is 2.09. The monoisotopic (exact) mass is 208 g/mol. The van der Waals surface area contributed by atoms with Crippen molar-refractivity contribution in [2.75, 3.05) is 6.61 Å². The highest BCUT2D eigenvalue weighted by Gasteiger charge is 2.19. The van der Waals surface area contributed by atoms with E-state index in [1.165, 1.54) is 18.7 Å². The first-order valence-corrected chi connectivity index (χ1v) is 5.20. The molecule has 4 heteroatoms. The van der Waals surface area contributed by atoms with Gasteiger partial charge in [-0.1, -0.05) is 13.3 Å². The Balaban J connectivity index is 2.71. The maximum atomic E-state index is 11.9. The molecule has 1 unspecified atom stereocenters. The molecule has 0 amide bonds. The van der Waals surface area contributed by atoms with E-state index >= 15 is 0 Å². The summed E-state index contributed by atoms with van der Waals surface area (Å²) in [6, 6.07) is 0. The molecule has 0 aromatic carbocycles. The van der Waals surface area contributed by atoms with Gasteiger partial charge in [0.1, 0.15) is 12.4 Å². The van der Waals surface area contributed by atoms with Crippen LogP contribution in [0.1, 0.15) is 37.0 Å². The minimum Gasteiger partial charge on any atom is -0.370 e. The lowest BCUT2D eigenvalue weighted by atomic mass is 10.1. The van der Waals surface area contributed by atoms with Crippen molar-refractivity contribution in [3.8, 4) is 0 Å². The number of carbonyl (C=O) groups excluding carboxylic acids is 1. The average Bonchev–Trinajstić information content (AvgIpc) is 2.29. The zero-order chi connectivity index (χ0) is 11.1. The van der Waals surface area contributed by atoms with Crippen molar-refractivity contribution >= 4 is 5.78 Å². The summed E-state index contributed by atoms with van der Waals surface area (Å²) >= 11 is 0. The lowest BCUT2D eigenvalue weighted by molar-refractivity contribution is 0.0422. The van der Waals surface area contributed by atoms with Crippen molar-refractivity contribution in [2.24, 2.45) is 0 Å². The maximum Gasteiger partial charge on any atom is 0.194 e. The average molecular weight is 208 g/mol. The van der Waals surface area contributed by atoms with Gasteiger partial charge in [0.25, 0.3) is 0 Å². The van der Waals surface area contributed by atoms with Gasteiger partial charge in [0.2, 0.25) is 0 Å². The van der Waals surface area contributed by atoms with E-state index in [2.05, 4.69) is 9.97 Å². The molecule has 1 aromatic heterocycles. The lowest BCUT2D eigenvalue weighted by Gasteiger charge is -2.14. The van der Waals surface area contributed by atoms with Crippen LogP contribution in [0.25, 0.3) is 0 Å². The van der Waals surface area contributed by atoms with E-state index in [0.717, 1.165) is 12.8 Å². The molecular formula is C11H16N2O2. The van der Waals surface area contributed by atoms with Crippen molar-refractivity contribution in [2.45, 2.75) is 32.8 Å². The second-order valence-electron chi connectivity index (χ2n) is 3.22. The predicted octanol–water partition coefficient (Wildman–Crippen LogP) is 1.86. The summed E-state index contributed by atoms with van der Waals surface area (Å²) < 4.78 is 5.39. The molecule has 0 saturated carbocycles. The number of hydrogen-bond donors (Lipinski definition) is 0. The van der Waals surface area contributed by atoms with Crippen LogP contribution in [-0.2, 0) is 4.74 Å². The van der Waals surface area contributed by atoms with E-state index in [1.807, 2.05) is 13.8 Å². The first-order valence-electron chi connectivity index (χ1n) is 5.20. The molecule has 1 rings (SSSR count). The molecule has 1 aromatic rings. The maximum absolute atomic E-state index is 11.9. The van der Waals surface area contributed by atoms with Crippen LogP contribution >= 0.6 is 0 Å².